The molecular weight excluding hydrogens is 319 g/mol. The van der Waals surface area contributed by atoms with Gasteiger partial charge >= 0.3 is 6.18 Å². The predicted molar refractivity (Wildman–Crippen MR) is 84.3 cm³/mol. The van der Waals surface area contributed by atoms with Crippen molar-refractivity contribution in [3.05, 3.63) is 35.7 Å². The predicted octanol–water partition coefficient (Wildman–Crippen LogP) is 3.85. The Hall–Kier alpha value is -1.76. The van der Waals surface area contributed by atoms with Crippen molar-refractivity contribution in [2.75, 3.05) is 13.2 Å². The Labute approximate surface area is 139 Å². The van der Waals surface area contributed by atoms with Crippen molar-refractivity contribution in [2.45, 2.75) is 51.4 Å². The molecule has 3 rings (SSSR count). The van der Waals surface area contributed by atoms with E-state index < -0.39 is 12.8 Å². The standard InChI is InChI=1S/C17H22F3N3O/c1-12(2)23-7-3-6-22(23)10-13-8-15(14-4-5-14)16(21-9-13)24-11-17(18,19)20/h3,7-9,12,14H,4-6,10-11H2,1-2H3. The Bertz CT molecular complexity index is 612. The first-order valence-electron chi connectivity index (χ1n) is 8.21. The van der Waals surface area contributed by atoms with E-state index in [9.17, 15) is 13.2 Å². The van der Waals surface area contributed by atoms with Gasteiger partial charge in [-0.15, -0.1) is 0 Å². The van der Waals surface area contributed by atoms with Gasteiger partial charge in [-0.05, 0) is 44.2 Å². The van der Waals surface area contributed by atoms with Gasteiger partial charge < -0.3 is 9.75 Å². The van der Waals surface area contributed by atoms with Crippen LogP contribution >= 0.6 is 0 Å². The fraction of sp³-hybridized carbons (Fsp3) is 0.588. The Morgan fingerprint density at radius 1 is 1.33 bits per heavy atom. The third kappa shape index (κ3) is 4.20. The third-order valence-electron chi connectivity index (χ3n) is 4.12. The second-order valence-corrected chi connectivity index (χ2v) is 6.62. The molecule has 0 bridgehead atoms. The highest BCUT2D eigenvalue weighted by Gasteiger charge is 2.32. The normalized spacial score (nSPS) is 18.7. The minimum atomic E-state index is -4.35. The zero-order valence-electron chi connectivity index (χ0n) is 13.9. The quantitative estimate of drug-likeness (QED) is 0.786. The van der Waals surface area contributed by atoms with Crippen LogP contribution in [0.5, 0.6) is 5.88 Å². The summed E-state index contributed by atoms with van der Waals surface area (Å²) in [6.45, 7) is 4.44. The van der Waals surface area contributed by atoms with E-state index in [1.807, 2.05) is 6.07 Å². The van der Waals surface area contributed by atoms with Gasteiger partial charge in [-0.3, -0.25) is 0 Å². The number of halogens is 3. The maximum atomic E-state index is 12.4. The molecule has 0 atom stereocenters. The molecule has 0 spiro atoms. The van der Waals surface area contributed by atoms with Gasteiger partial charge in [0.05, 0.1) is 0 Å². The Kier molecular flexibility index (Phi) is 4.71. The molecular formula is C17H22F3N3O. The Balaban J connectivity index is 1.72. The van der Waals surface area contributed by atoms with Gasteiger partial charge in [0.2, 0.25) is 5.88 Å². The first-order chi connectivity index (χ1) is 11.3. The van der Waals surface area contributed by atoms with Crippen molar-refractivity contribution < 1.29 is 17.9 Å². The van der Waals surface area contributed by atoms with Crippen molar-refractivity contribution >= 4 is 0 Å². The third-order valence-corrected chi connectivity index (χ3v) is 4.12. The second-order valence-electron chi connectivity index (χ2n) is 6.62. The van der Waals surface area contributed by atoms with Crippen LogP contribution in [0.2, 0.25) is 0 Å². The van der Waals surface area contributed by atoms with E-state index in [1.165, 1.54) is 0 Å². The van der Waals surface area contributed by atoms with Crippen molar-refractivity contribution in [2.24, 2.45) is 0 Å². The summed E-state index contributed by atoms with van der Waals surface area (Å²) in [7, 11) is 0. The lowest BCUT2D eigenvalue weighted by molar-refractivity contribution is -0.154. The van der Waals surface area contributed by atoms with Gasteiger partial charge in [-0.1, -0.05) is 6.08 Å². The Morgan fingerprint density at radius 2 is 2.08 bits per heavy atom. The molecule has 1 saturated carbocycles. The van der Waals surface area contributed by atoms with E-state index in [0.717, 1.165) is 30.5 Å². The van der Waals surface area contributed by atoms with Crippen LogP contribution in [0.1, 0.15) is 43.7 Å². The van der Waals surface area contributed by atoms with E-state index in [2.05, 4.69) is 41.1 Å². The van der Waals surface area contributed by atoms with E-state index in [-0.39, 0.29) is 11.8 Å². The highest BCUT2D eigenvalue weighted by molar-refractivity contribution is 5.36. The highest BCUT2D eigenvalue weighted by Crippen LogP contribution is 2.44. The maximum Gasteiger partial charge on any atom is 0.422 e. The van der Waals surface area contributed by atoms with Crippen molar-refractivity contribution in [1.82, 2.24) is 15.0 Å². The van der Waals surface area contributed by atoms with Crippen molar-refractivity contribution in [3.8, 4) is 5.88 Å². The van der Waals surface area contributed by atoms with E-state index >= 15 is 0 Å². The summed E-state index contributed by atoms with van der Waals surface area (Å²) in [5, 5.41) is 4.35. The summed E-state index contributed by atoms with van der Waals surface area (Å²) in [5.41, 5.74) is 1.80. The topological polar surface area (TPSA) is 28.6 Å². The molecule has 0 saturated heterocycles. The number of alkyl halides is 3. The molecule has 1 aliphatic carbocycles. The van der Waals surface area contributed by atoms with Crippen LogP contribution in [0.25, 0.3) is 0 Å². The first-order valence-corrected chi connectivity index (χ1v) is 8.21. The molecule has 0 unspecified atom stereocenters. The van der Waals surface area contributed by atoms with Gasteiger partial charge in [0, 0.05) is 37.1 Å². The van der Waals surface area contributed by atoms with Crippen LogP contribution in [0.4, 0.5) is 13.2 Å². The lowest BCUT2D eigenvalue weighted by atomic mass is 10.1. The summed E-state index contributed by atoms with van der Waals surface area (Å²) in [4.78, 5) is 4.17. The van der Waals surface area contributed by atoms with Crippen LogP contribution in [-0.4, -0.2) is 40.4 Å². The number of rotatable bonds is 6. The van der Waals surface area contributed by atoms with E-state index in [1.54, 1.807) is 6.20 Å². The van der Waals surface area contributed by atoms with Gasteiger partial charge in [0.25, 0.3) is 0 Å². The molecule has 0 N–H and O–H groups in total. The molecule has 1 aromatic heterocycles. The highest BCUT2D eigenvalue weighted by atomic mass is 19.4. The number of hydrogen-bond donors (Lipinski definition) is 0. The fourth-order valence-corrected chi connectivity index (χ4v) is 2.88. The molecule has 1 fully saturated rings. The Morgan fingerprint density at radius 3 is 2.71 bits per heavy atom. The van der Waals surface area contributed by atoms with Gasteiger partial charge in [-0.2, -0.15) is 13.2 Å². The SMILES string of the molecule is CC(C)N1C=CCN1Cc1cnc(OCC(F)(F)F)c(C2CC2)c1. The monoisotopic (exact) mass is 341 g/mol. The van der Waals surface area contributed by atoms with Gasteiger partial charge in [-0.25, -0.2) is 9.99 Å². The van der Waals surface area contributed by atoms with Crippen molar-refractivity contribution in [3.63, 3.8) is 0 Å². The maximum absolute atomic E-state index is 12.4. The molecule has 24 heavy (non-hydrogen) atoms. The van der Waals surface area contributed by atoms with E-state index in [0.29, 0.717) is 12.6 Å². The zero-order chi connectivity index (χ0) is 17.3. The van der Waals surface area contributed by atoms with Crippen LogP contribution in [0, 0.1) is 0 Å². The number of nitrogens with zero attached hydrogens (tertiary/aromatic N) is 3. The number of aromatic nitrogens is 1. The largest absolute Gasteiger partial charge is 0.468 e. The molecule has 1 aromatic rings. The molecule has 2 aliphatic rings. The number of hydrazine groups is 1. The first kappa shape index (κ1) is 17.1. The van der Waals surface area contributed by atoms with Crippen molar-refractivity contribution in [1.29, 1.82) is 0 Å². The molecule has 7 heteroatoms. The zero-order valence-corrected chi connectivity index (χ0v) is 13.9. The van der Waals surface area contributed by atoms with Gasteiger partial charge in [0.1, 0.15) is 0 Å². The molecule has 2 heterocycles. The molecule has 4 nitrogen and oxygen atoms in total. The smallest absolute Gasteiger partial charge is 0.422 e. The lowest BCUT2D eigenvalue weighted by Gasteiger charge is -2.32. The van der Waals surface area contributed by atoms with E-state index in [4.69, 9.17) is 4.74 Å². The summed E-state index contributed by atoms with van der Waals surface area (Å²) in [6, 6.07) is 2.31. The minimum Gasteiger partial charge on any atom is -0.468 e. The lowest BCUT2D eigenvalue weighted by Crippen LogP contribution is -2.39. The van der Waals surface area contributed by atoms with Crippen LogP contribution in [-0.2, 0) is 6.54 Å². The second kappa shape index (κ2) is 6.63. The van der Waals surface area contributed by atoms with Crippen LogP contribution in [0.15, 0.2) is 24.5 Å². The summed E-state index contributed by atoms with van der Waals surface area (Å²) in [5.74, 6) is 0.400. The number of ether oxygens (including phenoxy) is 1. The molecule has 132 valence electrons. The average molecular weight is 341 g/mol. The summed E-state index contributed by atoms with van der Waals surface area (Å²) < 4.78 is 42.1. The fourth-order valence-electron chi connectivity index (χ4n) is 2.88. The molecule has 0 radical (unpaired) electrons. The molecule has 0 amide bonds. The minimum absolute atomic E-state index is 0.124. The van der Waals surface area contributed by atoms with Crippen LogP contribution < -0.4 is 4.74 Å². The molecule has 0 aromatic carbocycles. The average Bonchev–Trinajstić information content (AvgIpc) is 3.24. The summed E-state index contributed by atoms with van der Waals surface area (Å²) >= 11 is 0. The number of hydrogen-bond acceptors (Lipinski definition) is 4. The number of pyridine rings is 1. The molecule has 1 aliphatic heterocycles. The summed E-state index contributed by atoms with van der Waals surface area (Å²) in [6.07, 6.45) is 3.39. The van der Waals surface area contributed by atoms with Gasteiger partial charge in [0.15, 0.2) is 6.61 Å². The van der Waals surface area contributed by atoms with Crippen LogP contribution in [0.3, 0.4) is 0 Å².